The summed E-state index contributed by atoms with van der Waals surface area (Å²) in [6, 6.07) is 2.75. The predicted octanol–water partition coefficient (Wildman–Crippen LogP) is 1.01. The van der Waals surface area contributed by atoms with Crippen LogP contribution in [0.4, 0.5) is 5.69 Å². The first-order valence-electron chi connectivity index (χ1n) is 4.05. The summed E-state index contributed by atoms with van der Waals surface area (Å²) in [5.74, 6) is -0.336. The minimum absolute atomic E-state index is 0.00245. The molecule has 16 heavy (non-hydrogen) atoms. The van der Waals surface area contributed by atoms with Gasteiger partial charge in [-0.1, -0.05) is 0 Å². The third-order valence-corrected chi connectivity index (χ3v) is 1.79. The van der Waals surface area contributed by atoms with Crippen molar-refractivity contribution < 1.29 is 19.4 Å². The number of anilines is 1. The third kappa shape index (κ3) is 2.75. The summed E-state index contributed by atoms with van der Waals surface area (Å²) in [4.78, 5) is 10.7. The number of aromatic carboxylic acids is 1. The molecule has 3 N–H and O–H groups in total. The van der Waals surface area contributed by atoms with Crippen LogP contribution in [-0.2, 0) is 0 Å². The first-order valence-corrected chi connectivity index (χ1v) is 4.05. The Hall–Kier alpha value is -2.49. The van der Waals surface area contributed by atoms with Crippen LogP contribution in [0.5, 0.6) is 11.5 Å². The Morgan fingerprint density at radius 3 is 2.06 bits per heavy atom. The summed E-state index contributed by atoms with van der Waals surface area (Å²) < 4.78 is 9.89. The van der Waals surface area contributed by atoms with Crippen molar-refractivity contribution in [2.75, 3.05) is 20.0 Å². The summed E-state index contributed by atoms with van der Waals surface area (Å²) in [6.07, 6.45) is 0. The van der Waals surface area contributed by atoms with Crippen LogP contribution in [0.1, 0.15) is 10.4 Å². The molecule has 0 bridgehead atoms. The molecule has 0 saturated heterocycles. The summed E-state index contributed by atoms with van der Waals surface area (Å²) in [5, 5.41) is 20.8. The van der Waals surface area contributed by atoms with E-state index in [2.05, 4.69) is 0 Å². The molecule has 0 spiro atoms. The fourth-order valence-corrected chi connectivity index (χ4v) is 1.08. The van der Waals surface area contributed by atoms with Gasteiger partial charge in [-0.25, -0.2) is 4.79 Å². The van der Waals surface area contributed by atoms with E-state index >= 15 is 0 Å². The fraction of sp³-hybridized carbons (Fsp3) is 0.222. The number of carboxylic acid groups (broad SMARTS) is 1. The van der Waals surface area contributed by atoms with Gasteiger partial charge in [0.15, 0.2) is 11.5 Å². The number of benzene rings is 1. The van der Waals surface area contributed by atoms with E-state index < -0.39 is 5.97 Å². The highest BCUT2D eigenvalue weighted by Gasteiger charge is 2.13. The lowest BCUT2D eigenvalue weighted by atomic mass is 10.1. The zero-order valence-electron chi connectivity index (χ0n) is 8.80. The molecule has 0 heterocycles. The number of nitrogens with two attached hydrogens (primary N) is 1. The normalized spacial score (nSPS) is 8.50. The molecule has 0 aliphatic heterocycles. The molecular weight excluding hydrogens is 214 g/mol. The van der Waals surface area contributed by atoms with E-state index in [4.69, 9.17) is 31.1 Å². The number of carbonyl (C=O) groups is 1. The van der Waals surface area contributed by atoms with Crippen molar-refractivity contribution in [1.29, 1.82) is 10.8 Å². The average Bonchev–Trinajstić information content (AvgIpc) is 2.30. The topological polar surface area (TPSA) is 129 Å². The molecule has 0 amide bonds. The maximum atomic E-state index is 10.7. The summed E-state index contributed by atoms with van der Waals surface area (Å²) in [6.45, 7) is 0. The van der Waals surface area contributed by atoms with E-state index in [1.165, 1.54) is 26.4 Å². The minimum Gasteiger partial charge on any atom is -0.493 e. The first-order chi connectivity index (χ1) is 7.60. The molecule has 7 nitrogen and oxygen atoms in total. The van der Waals surface area contributed by atoms with Crippen LogP contribution in [0.2, 0.25) is 0 Å². The van der Waals surface area contributed by atoms with Gasteiger partial charge in [0.2, 0.25) is 0 Å². The van der Waals surface area contributed by atoms with Gasteiger partial charge in [0.25, 0.3) is 0 Å². The molecule has 0 saturated carbocycles. The van der Waals surface area contributed by atoms with E-state index in [1.54, 1.807) is 0 Å². The Labute approximate surface area is 91.8 Å². The van der Waals surface area contributed by atoms with Gasteiger partial charge in [0, 0.05) is 22.9 Å². The zero-order chi connectivity index (χ0) is 12.7. The second-order valence-corrected chi connectivity index (χ2v) is 2.60. The molecule has 0 unspecified atom stereocenters. The van der Waals surface area contributed by atoms with E-state index in [0.717, 1.165) is 0 Å². The van der Waals surface area contributed by atoms with E-state index in [9.17, 15) is 4.79 Å². The Balaban J connectivity index is 0.00000106. The van der Waals surface area contributed by atoms with Crippen LogP contribution in [0.3, 0.4) is 0 Å². The summed E-state index contributed by atoms with van der Waals surface area (Å²) in [5.41, 5.74) is 5.66. The highest BCUT2D eigenvalue weighted by atomic mass is 16.5. The number of ether oxygens (including phenoxy) is 2. The lowest BCUT2D eigenvalue weighted by Crippen LogP contribution is -2.04. The first kappa shape index (κ1) is 13.5. The van der Waals surface area contributed by atoms with Gasteiger partial charge in [-0.05, 0) is 0 Å². The van der Waals surface area contributed by atoms with Crippen molar-refractivity contribution in [3.05, 3.63) is 17.7 Å². The van der Waals surface area contributed by atoms with Crippen molar-refractivity contribution >= 4 is 11.7 Å². The highest BCUT2D eigenvalue weighted by Crippen LogP contribution is 2.31. The van der Waals surface area contributed by atoms with Gasteiger partial charge in [-0.2, -0.15) is 0 Å². The molecule has 0 radical (unpaired) electrons. The van der Waals surface area contributed by atoms with Gasteiger partial charge < -0.3 is 20.3 Å². The van der Waals surface area contributed by atoms with Gasteiger partial charge in [-0.3, -0.25) is 0 Å². The second kappa shape index (κ2) is 6.08. The Morgan fingerprint density at radius 2 is 1.69 bits per heavy atom. The largest absolute Gasteiger partial charge is 0.493 e. The lowest BCUT2D eigenvalue weighted by molar-refractivity contribution is 0.0697. The van der Waals surface area contributed by atoms with Crippen LogP contribution < -0.4 is 15.2 Å². The Bertz CT molecular complexity index is 403. The molecule has 7 heteroatoms. The molecule has 0 fully saturated rings. The number of methoxy groups -OCH3 is 2. The Kier molecular flexibility index (Phi) is 5.13. The fourth-order valence-electron chi connectivity index (χ4n) is 1.08. The van der Waals surface area contributed by atoms with E-state index in [0.29, 0.717) is 11.5 Å². The van der Waals surface area contributed by atoms with Gasteiger partial charge in [0.1, 0.15) is 0 Å². The molecular formula is C9H11N3O4. The molecule has 0 aliphatic rings. The smallest absolute Gasteiger partial charge is 0.337 e. The average molecular weight is 225 g/mol. The number of nitrogen functional groups attached to an aromatic ring is 1. The standard InChI is InChI=1S/C9H11NO4.N2/c1-13-7-3-5(9(11)12)6(10)4-8(7)14-2;1-2/h3-4H,10H2,1-2H3,(H,11,12);. The zero-order valence-corrected chi connectivity index (χ0v) is 8.80. The lowest BCUT2D eigenvalue weighted by Gasteiger charge is -2.09. The van der Waals surface area contributed by atoms with Gasteiger partial charge in [0.05, 0.1) is 25.5 Å². The molecule has 0 atom stereocenters. The van der Waals surface area contributed by atoms with E-state index in [1.807, 2.05) is 0 Å². The number of nitrogens with zero attached hydrogens (tertiary/aromatic N) is 2. The SMILES string of the molecule is COc1cc(N)c(C(=O)O)cc1OC.N#N. The maximum Gasteiger partial charge on any atom is 0.337 e. The quantitative estimate of drug-likeness (QED) is 0.579. The van der Waals surface area contributed by atoms with Crippen molar-refractivity contribution in [2.24, 2.45) is 0 Å². The molecule has 1 aromatic rings. The van der Waals surface area contributed by atoms with Crippen molar-refractivity contribution in [3.8, 4) is 11.5 Å². The summed E-state index contributed by atoms with van der Waals surface area (Å²) >= 11 is 0. The van der Waals surface area contributed by atoms with Crippen LogP contribution in [0.25, 0.3) is 0 Å². The minimum atomic E-state index is -1.09. The highest BCUT2D eigenvalue weighted by molar-refractivity contribution is 5.94. The molecule has 86 valence electrons. The van der Waals surface area contributed by atoms with Crippen LogP contribution in [0.15, 0.2) is 12.1 Å². The number of hydrogen-bond donors (Lipinski definition) is 2. The number of hydrogen-bond acceptors (Lipinski definition) is 6. The molecule has 1 aromatic carbocycles. The molecule has 1 rings (SSSR count). The van der Waals surface area contributed by atoms with Crippen LogP contribution in [0, 0.1) is 10.8 Å². The van der Waals surface area contributed by atoms with Crippen molar-refractivity contribution in [3.63, 3.8) is 0 Å². The van der Waals surface area contributed by atoms with Crippen molar-refractivity contribution in [1.82, 2.24) is 0 Å². The van der Waals surface area contributed by atoms with Crippen LogP contribution in [-0.4, -0.2) is 25.3 Å². The van der Waals surface area contributed by atoms with Gasteiger partial charge >= 0.3 is 5.97 Å². The Morgan fingerprint density at radius 1 is 1.25 bits per heavy atom. The summed E-state index contributed by atoms with van der Waals surface area (Å²) in [7, 11) is 2.89. The van der Waals surface area contributed by atoms with E-state index in [-0.39, 0.29) is 11.3 Å². The second-order valence-electron chi connectivity index (χ2n) is 2.60. The number of rotatable bonds is 3. The molecule has 0 aliphatic carbocycles. The molecule has 0 aromatic heterocycles. The van der Waals surface area contributed by atoms with Crippen LogP contribution >= 0.6 is 0 Å². The monoisotopic (exact) mass is 225 g/mol. The van der Waals surface area contributed by atoms with Crippen molar-refractivity contribution in [2.45, 2.75) is 0 Å². The predicted molar refractivity (Wildman–Crippen MR) is 54.4 cm³/mol. The van der Waals surface area contributed by atoms with Gasteiger partial charge in [-0.15, -0.1) is 0 Å². The maximum absolute atomic E-state index is 10.7. The number of carboxylic acids is 1. The third-order valence-electron chi connectivity index (χ3n) is 1.79.